The molecule has 0 fully saturated rings. The zero-order chi connectivity index (χ0) is 18.0. The minimum absolute atomic E-state index is 0.0469. The lowest BCUT2D eigenvalue weighted by Crippen LogP contribution is -2.36. The Kier molecular flexibility index (Phi) is 4.88. The Labute approximate surface area is 148 Å². The standard InChI is InChI=1S/C19H24N4O2/c1-5-14-10-18(22-12(4)21-14)20-11(3)13-7-8-15-17(9-13)25-16(6-2)19(24)23-15/h7-11,16H,5-6H2,1-4H3,(H,23,24)(H,20,21,22). The molecule has 0 aliphatic carbocycles. The average molecular weight is 340 g/mol. The third-order valence-corrected chi connectivity index (χ3v) is 4.31. The molecule has 6 nitrogen and oxygen atoms in total. The molecule has 3 rings (SSSR count). The van der Waals surface area contributed by atoms with Crippen LogP contribution >= 0.6 is 0 Å². The lowest BCUT2D eigenvalue weighted by atomic mass is 10.1. The second kappa shape index (κ2) is 7.09. The summed E-state index contributed by atoms with van der Waals surface area (Å²) < 4.78 is 5.82. The number of aryl methyl sites for hydroxylation is 2. The van der Waals surface area contributed by atoms with E-state index in [2.05, 4.69) is 34.4 Å². The molecule has 2 N–H and O–H groups in total. The van der Waals surface area contributed by atoms with Crippen LogP contribution in [-0.2, 0) is 11.2 Å². The van der Waals surface area contributed by atoms with Gasteiger partial charge in [-0.05, 0) is 44.4 Å². The van der Waals surface area contributed by atoms with Crippen molar-refractivity contribution < 1.29 is 9.53 Å². The minimum Gasteiger partial charge on any atom is -0.478 e. The van der Waals surface area contributed by atoms with E-state index in [0.717, 1.165) is 35.0 Å². The van der Waals surface area contributed by atoms with Gasteiger partial charge in [0.25, 0.3) is 5.91 Å². The maximum atomic E-state index is 11.9. The zero-order valence-corrected chi connectivity index (χ0v) is 15.1. The summed E-state index contributed by atoms with van der Waals surface area (Å²) in [5, 5.41) is 6.31. The number of rotatable bonds is 5. The minimum atomic E-state index is -0.428. The number of benzene rings is 1. The van der Waals surface area contributed by atoms with Crippen LogP contribution in [0.4, 0.5) is 11.5 Å². The van der Waals surface area contributed by atoms with E-state index in [4.69, 9.17) is 4.74 Å². The average Bonchev–Trinajstić information content (AvgIpc) is 2.60. The SMILES string of the molecule is CCc1cc(NC(C)c2ccc3c(c2)OC(CC)C(=O)N3)nc(C)n1. The maximum Gasteiger partial charge on any atom is 0.265 e. The van der Waals surface area contributed by atoms with Crippen molar-refractivity contribution in [1.29, 1.82) is 0 Å². The molecule has 1 amide bonds. The molecule has 1 aromatic carbocycles. The number of fused-ring (bicyclic) bond motifs is 1. The predicted molar refractivity (Wildman–Crippen MR) is 98.0 cm³/mol. The highest BCUT2D eigenvalue weighted by atomic mass is 16.5. The van der Waals surface area contributed by atoms with Crippen molar-refractivity contribution in [2.45, 2.75) is 52.7 Å². The van der Waals surface area contributed by atoms with E-state index in [0.29, 0.717) is 12.2 Å². The van der Waals surface area contributed by atoms with Gasteiger partial charge in [-0.2, -0.15) is 0 Å². The molecule has 0 saturated carbocycles. The molecule has 0 saturated heterocycles. The second-order valence-corrected chi connectivity index (χ2v) is 6.27. The largest absolute Gasteiger partial charge is 0.478 e. The van der Waals surface area contributed by atoms with Gasteiger partial charge in [-0.1, -0.05) is 19.9 Å². The van der Waals surface area contributed by atoms with Gasteiger partial charge < -0.3 is 15.4 Å². The molecule has 0 spiro atoms. The number of hydrogen-bond acceptors (Lipinski definition) is 5. The van der Waals surface area contributed by atoms with Gasteiger partial charge in [-0.3, -0.25) is 4.79 Å². The van der Waals surface area contributed by atoms with Crippen LogP contribution in [0, 0.1) is 6.92 Å². The Morgan fingerprint density at radius 1 is 1.28 bits per heavy atom. The van der Waals surface area contributed by atoms with Crippen LogP contribution in [0.2, 0.25) is 0 Å². The Balaban J connectivity index is 1.80. The maximum absolute atomic E-state index is 11.9. The van der Waals surface area contributed by atoms with Crippen LogP contribution in [0.25, 0.3) is 0 Å². The van der Waals surface area contributed by atoms with E-state index >= 15 is 0 Å². The lowest BCUT2D eigenvalue weighted by molar-refractivity contribution is -0.123. The van der Waals surface area contributed by atoms with E-state index in [1.54, 1.807) is 0 Å². The predicted octanol–water partition coefficient (Wildman–Crippen LogP) is 3.63. The van der Waals surface area contributed by atoms with Crippen molar-refractivity contribution >= 4 is 17.4 Å². The van der Waals surface area contributed by atoms with Crippen LogP contribution in [0.3, 0.4) is 0 Å². The molecule has 0 bridgehead atoms. The summed E-state index contributed by atoms with van der Waals surface area (Å²) in [6, 6.07) is 7.87. The quantitative estimate of drug-likeness (QED) is 0.869. The number of ether oxygens (including phenoxy) is 1. The number of carbonyl (C=O) groups excluding carboxylic acids is 1. The lowest BCUT2D eigenvalue weighted by Gasteiger charge is -2.26. The van der Waals surface area contributed by atoms with Gasteiger partial charge in [-0.25, -0.2) is 9.97 Å². The number of hydrogen-bond donors (Lipinski definition) is 2. The first-order valence-corrected chi connectivity index (χ1v) is 8.72. The Morgan fingerprint density at radius 3 is 2.80 bits per heavy atom. The van der Waals surface area contributed by atoms with E-state index in [-0.39, 0.29) is 11.9 Å². The monoisotopic (exact) mass is 340 g/mol. The highest BCUT2D eigenvalue weighted by molar-refractivity contribution is 5.97. The van der Waals surface area contributed by atoms with Crippen LogP contribution < -0.4 is 15.4 Å². The molecule has 6 heteroatoms. The Hall–Kier alpha value is -2.63. The smallest absolute Gasteiger partial charge is 0.265 e. The Bertz CT molecular complexity index is 791. The van der Waals surface area contributed by atoms with Crippen LogP contribution in [0.5, 0.6) is 5.75 Å². The second-order valence-electron chi connectivity index (χ2n) is 6.27. The molecule has 2 heterocycles. The number of aromatic nitrogens is 2. The van der Waals surface area contributed by atoms with Gasteiger partial charge in [0, 0.05) is 11.8 Å². The number of nitrogens with zero attached hydrogens (tertiary/aromatic N) is 2. The van der Waals surface area contributed by atoms with Crippen molar-refractivity contribution in [2.75, 3.05) is 10.6 Å². The summed E-state index contributed by atoms with van der Waals surface area (Å²) in [5.74, 6) is 2.20. The fraction of sp³-hybridized carbons (Fsp3) is 0.421. The van der Waals surface area contributed by atoms with Gasteiger partial charge >= 0.3 is 0 Å². The molecule has 2 atom stereocenters. The van der Waals surface area contributed by atoms with Gasteiger partial charge in [0.05, 0.1) is 11.7 Å². The highest BCUT2D eigenvalue weighted by Gasteiger charge is 2.26. The van der Waals surface area contributed by atoms with Crippen molar-refractivity contribution in [3.8, 4) is 5.75 Å². The fourth-order valence-electron chi connectivity index (χ4n) is 2.89. The van der Waals surface area contributed by atoms with E-state index in [9.17, 15) is 4.79 Å². The summed E-state index contributed by atoms with van der Waals surface area (Å²) in [6.07, 6.45) is 1.09. The van der Waals surface area contributed by atoms with Crippen molar-refractivity contribution in [2.24, 2.45) is 0 Å². The molecule has 1 aliphatic rings. The Morgan fingerprint density at radius 2 is 2.08 bits per heavy atom. The number of nitrogens with one attached hydrogen (secondary N) is 2. The third kappa shape index (κ3) is 3.73. The van der Waals surface area contributed by atoms with Crippen LogP contribution in [0.15, 0.2) is 24.3 Å². The third-order valence-electron chi connectivity index (χ3n) is 4.31. The van der Waals surface area contributed by atoms with Gasteiger partial charge in [-0.15, -0.1) is 0 Å². The molecule has 132 valence electrons. The number of carbonyl (C=O) groups is 1. The van der Waals surface area contributed by atoms with Gasteiger partial charge in [0.2, 0.25) is 0 Å². The molecule has 25 heavy (non-hydrogen) atoms. The number of anilines is 2. The van der Waals surface area contributed by atoms with Crippen molar-refractivity contribution in [3.63, 3.8) is 0 Å². The van der Waals surface area contributed by atoms with E-state index in [1.165, 1.54) is 0 Å². The molecule has 0 radical (unpaired) electrons. The summed E-state index contributed by atoms with van der Waals surface area (Å²) in [5.41, 5.74) is 2.81. The van der Waals surface area contributed by atoms with E-state index < -0.39 is 6.10 Å². The summed E-state index contributed by atoms with van der Waals surface area (Å²) in [7, 11) is 0. The molecular formula is C19H24N4O2. The van der Waals surface area contributed by atoms with Crippen LogP contribution in [-0.4, -0.2) is 22.0 Å². The first kappa shape index (κ1) is 17.2. The van der Waals surface area contributed by atoms with Gasteiger partial charge in [0.15, 0.2) is 6.10 Å². The van der Waals surface area contributed by atoms with E-state index in [1.807, 2.05) is 38.1 Å². The molecule has 2 unspecified atom stereocenters. The molecule has 1 aromatic heterocycles. The summed E-state index contributed by atoms with van der Waals surface area (Å²) in [6.45, 7) is 7.99. The molecule has 2 aromatic rings. The first-order chi connectivity index (χ1) is 12.0. The fourth-order valence-corrected chi connectivity index (χ4v) is 2.89. The van der Waals surface area contributed by atoms with Crippen LogP contribution in [0.1, 0.15) is 50.3 Å². The molecule has 1 aliphatic heterocycles. The number of amides is 1. The van der Waals surface area contributed by atoms with Crippen molar-refractivity contribution in [1.82, 2.24) is 9.97 Å². The normalized spacial score (nSPS) is 17.3. The van der Waals surface area contributed by atoms with Gasteiger partial charge in [0.1, 0.15) is 17.4 Å². The molecular weight excluding hydrogens is 316 g/mol. The van der Waals surface area contributed by atoms with Crippen molar-refractivity contribution in [3.05, 3.63) is 41.3 Å². The highest BCUT2D eigenvalue weighted by Crippen LogP contribution is 2.33. The summed E-state index contributed by atoms with van der Waals surface area (Å²) >= 11 is 0. The zero-order valence-electron chi connectivity index (χ0n) is 15.1. The summed E-state index contributed by atoms with van der Waals surface area (Å²) in [4.78, 5) is 20.7. The first-order valence-electron chi connectivity index (χ1n) is 8.72. The topological polar surface area (TPSA) is 76.1 Å².